The molecule has 3 heteroatoms. The molecular weight excluding hydrogens is 202 g/mol. The van der Waals surface area contributed by atoms with Crippen LogP contribution in [0.3, 0.4) is 0 Å². The van der Waals surface area contributed by atoms with E-state index in [1.165, 1.54) is 5.56 Å². The maximum atomic E-state index is 11.4. The van der Waals surface area contributed by atoms with E-state index in [9.17, 15) is 9.90 Å². The number of aliphatic hydroxyl groups is 1. The maximum absolute atomic E-state index is 11.4. The van der Waals surface area contributed by atoms with E-state index in [2.05, 4.69) is 0 Å². The predicted molar refractivity (Wildman–Crippen MR) is 62.0 cm³/mol. The number of hydrogen-bond donors (Lipinski definition) is 1. The Labute approximate surface area is 95.7 Å². The largest absolute Gasteiger partial charge is 0.387 e. The van der Waals surface area contributed by atoms with Gasteiger partial charge in [0.25, 0.3) is 0 Å². The highest BCUT2D eigenvalue weighted by Crippen LogP contribution is 2.18. The van der Waals surface area contributed by atoms with E-state index in [4.69, 9.17) is 0 Å². The average Bonchev–Trinajstić information content (AvgIpc) is 2.65. The molecule has 1 N–H and O–H groups in total. The minimum absolute atomic E-state index is 0.158. The fourth-order valence-corrected chi connectivity index (χ4v) is 2.00. The van der Waals surface area contributed by atoms with Crippen molar-refractivity contribution in [3.8, 4) is 0 Å². The molecule has 1 aliphatic rings. The van der Waals surface area contributed by atoms with Gasteiger partial charge in [0.15, 0.2) is 0 Å². The molecule has 1 atom stereocenters. The molecule has 0 saturated carbocycles. The first-order valence-corrected chi connectivity index (χ1v) is 5.69. The lowest BCUT2D eigenvalue weighted by Gasteiger charge is -2.20. The van der Waals surface area contributed by atoms with E-state index >= 15 is 0 Å². The molecule has 1 unspecified atom stereocenters. The Morgan fingerprint density at radius 3 is 2.62 bits per heavy atom. The number of β-amino-alcohol motifs (C(OH)–C–C–N with tert-alkyl or cyclic N) is 1. The average molecular weight is 219 g/mol. The molecule has 1 heterocycles. The van der Waals surface area contributed by atoms with Gasteiger partial charge in [0.05, 0.1) is 12.6 Å². The van der Waals surface area contributed by atoms with Crippen molar-refractivity contribution in [3.05, 3.63) is 35.4 Å². The number of benzene rings is 1. The van der Waals surface area contributed by atoms with Gasteiger partial charge in [-0.05, 0) is 18.9 Å². The third-order valence-corrected chi connectivity index (χ3v) is 3.03. The van der Waals surface area contributed by atoms with E-state index in [0.717, 1.165) is 18.5 Å². The van der Waals surface area contributed by atoms with E-state index in [-0.39, 0.29) is 5.91 Å². The summed E-state index contributed by atoms with van der Waals surface area (Å²) in [5, 5.41) is 10.00. The van der Waals surface area contributed by atoms with Crippen molar-refractivity contribution in [3.63, 3.8) is 0 Å². The summed E-state index contributed by atoms with van der Waals surface area (Å²) in [5.41, 5.74) is 2.05. The van der Waals surface area contributed by atoms with Gasteiger partial charge in [-0.25, -0.2) is 0 Å². The van der Waals surface area contributed by atoms with Gasteiger partial charge in [-0.1, -0.05) is 29.8 Å². The predicted octanol–water partition coefficient (Wildman–Crippen LogP) is 1.65. The Hall–Kier alpha value is -1.35. The van der Waals surface area contributed by atoms with Crippen LogP contribution in [0, 0.1) is 6.92 Å². The molecule has 0 spiro atoms. The highest BCUT2D eigenvalue weighted by Gasteiger charge is 2.22. The number of hydrogen-bond acceptors (Lipinski definition) is 2. The molecule has 86 valence electrons. The Morgan fingerprint density at radius 2 is 2.06 bits per heavy atom. The molecule has 1 aliphatic heterocycles. The van der Waals surface area contributed by atoms with Crippen LogP contribution < -0.4 is 0 Å². The summed E-state index contributed by atoms with van der Waals surface area (Å²) in [6.45, 7) is 3.21. The van der Waals surface area contributed by atoms with Crippen molar-refractivity contribution in [2.45, 2.75) is 25.9 Å². The summed E-state index contributed by atoms with van der Waals surface area (Å²) in [6, 6.07) is 7.79. The number of amides is 1. The van der Waals surface area contributed by atoms with Crippen molar-refractivity contribution in [2.24, 2.45) is 0 Å². The summed E-state index contributed by atoms with van der Waals surface area (Å²) < 4.78 is 0. The first-order chi connectivity index (χ1) is 7.66. The van der Waals surface area contributed by atoms with Gasteiger partial charge in [-0.3, -0.25) is 4.79 Å². The third kappa shape index (κ3) is 2.42. The topological polar surface area (TPSA) is 40.5 Å². The number of likely N-dealkylation sites (tertiary alicyclic amines) is 1. The molecule has 16 heavy (non-hydrogen) atoms. The van der Waals surface area contributed by atoms with Gasteiger partial charge in [0.2, 0.25) is 5.91 Å². The molecule has 2 rings (SSSR count). The van der Waals surface area contributed by atoms with Crippen molar-refractivity contribution >= 4 is 5.91 Å². The highest BCUT2D eigenvalue weighted by atomic mass is 16.3. The van der Waals surface area contributed by atoms with Gasteiger partial charge in [0, 0.05) is 13.0 Å². The monoisotopic (exact) mass is 219 g/mol. The van der Waals surface area contributed by atoms with Gasteiger partial charge in [-0.15, -0.1) is 0 Å². The summed E-state index contributed by atoms with van der Waals surface area (Å²) in [7, 11) is 0. The number of nitrogens with zero attached hydrogens (tertiary/aromatic N) is 1. The second-order valence-electron chi connectivity index (χ2n) is 4.37. The van der Waals surface area contributed by atoms with Crippen LogP contribution in [-0.2, 0) is 4.79 Å². The van der Waals surface area contributed by atoms with Gasteiger partial charge in [0.1, 0.15) is 0 Å². The summed E-state index contributed by atoms with van der Waals surface area (Å²) in [5.74, 6) is 0.158. The van der Waals surface area contributed by atoms with Gasteiger partial charge < -0.3 is 10.0 Å². The minimum Gasteiger partial charge on any atom is -0.387 e. The Morgan fingerprint density at radius 1 is 1.38 bits per heavy atom. The molecule has 0 aliphatic carbocycles. The van der Waals surface area contributed by atoms with E-state index in [0.29, 0.717) is 13.0 Å². The summed E-state index contributed by atoms with van der Waals surface area (Å²) in [6.07, 6.45) is 0.975. The molecule has 1 fully saturated rings. The highest BCUT2D eigenvalue weighted by molar-refractivity contribution is 5.78. The number of aliphatic hydroxyl groups excluding tert-OH is 1. The van der Waals surface area contributed by atoms with Crippen LogP contribution >= 0.6 is 0 Å². The molecule has 1 aromatic rings. The van der Waals surface area contributed by atoms with Crippen molar-refractivity contribution in [1.82, 2.24) is 4.90 Å². The quantitative estimate of drug-likeness (QED) is 0.839. The van der Waals surface area contributed by atoms with Crippen LogP contribution in [0.2, 0.25) is 0 Å². The lowest BCUT2D eigenvalue weighted by atomic mass is 10.1. The molecule has 0 bridgehead atoms. The molecule has 1 aromatic carbocycles. The second kappa shape index (κ2) is 4.66. The lowest BCUT2D eigenvalue weighted by Crippen LogP contribution is -2.29. The molecular formula is C13H17NO2. The molecule has 0 aromatic heterocycles. The van der Waals surface area contributed by atoms with Crippen LogP contribution in [0.25, 0.3) is 0 Å². The normalized spacial score (nSPS) is 17.9. The number of carbonyl (C=O) groups excluding carboxylic acids is 1. The van der Waals surface area contributed by atoms with Crippen molar-refractivity contribution in [2.75, 3.05) is 13.1 Å². The summed E-state index contributed by atoms with van der Waals surface area (Å²) >= 11 is 0. The van der Waals surface area contributed by atoms with Crippen molar-refractivity contribution in [1.29, 1.82) is 0 Å². The standard InChI is InChI=1S/C13H17NO2/c1-10-4-6-11(7-5-10)12(15)9-14-8-2-3-13(14)16/h4-7,12,15H,2-3,8-9H2,1H3. The fraction of sp³-hybridized carbons (Fsp3) is 0.462. The number of aryl methyl sites for hydroxylation is 1. The molecule has 1 amide bonds. The number of rotatable bonds is 3. The summed E-state index contributed by atoms with van der Waals surface area (Å²) in [4.78, 5) is 13.2. The second-order valence-corrected chi connectivity index (χ2v) is 4.37. The zero-order valence-electron chi connectivity index (χ0n) is 9.52. The smallest absolute Gasteiger partial charge is 0.222 e. The lowest BCUT2D eigenvalue weighted by molar-refractivity contribution is -0.128. The van der Waals surface area contributed by atoms with Crippen LogP contribution in [0.15, 0.2) is 24.3 Å². The fourth-order valence-electron chi connectivity index (χ4n) is 2.00. The number of carbonyl (C=O) groups is 1. The SMILES string of the molecule is Cc1ccc(C(O)CN2CCCC2=O)cc1. The van der Waals surface area contributed by atoms with E-state index < -0.39 is 6.10 Å². The zero-order valence-corrected chi connectivity index (χ0v) is 9.52. The Balaban J connectivity index is 1.99. The minimum atomic E-state index is -0.567. The molecule has 1 saturated heterocycles. The van der Waals surface area contributed by atoms with Gasteiger partial charge in [-0.2, -0.15) is 0 Å². The Bertz CT molecular complexity index is 372. The van der Waals surface area contributed by atoms with E-state index in [1.54, 1.807) is 4.90 Å². The third-order valence-electron chi connectivity index (χ3n) is 3.03. The van der Waals surface area contributed by atoms with Crippen molar-refractivity contribution < 1.29 is 9.90 Å². The van der Waals surface area contributed by atoms with Gasteiger partial charge >= 0.3 is 0 Å². The van der Waals surface area contributed by atoms with E-state index in [1.807, 2.05) is 31.2 Å². The van der Waals surface area contributed by atoms with Crippen LogP contribution in [0.5, 0.6) is 0 Å². The first kappa shape index (κ1) is 11.1. The molecule has 3 nitrogen and oxygen atoms in total. The first-order valence-electron chi connectivity index (χ1n) is 5.69. The zero-order chi connectivity index (χ0) is 11.5. The Kier molecular flexibility index (Phi) is 3.25. The maximum Gasteiger partial charge on any atom is 0.222 e. The van der Waals surface area contributed by atoms with Crippen LogP contribution in [0.4, 0.5) is 0 Å². The van der Waals surface area contributed by atoms with Crippen LogP contribution in [-0.4, -0.2) is 29.0 Å². The van der Waals surface area contributed by atoms with Crippen LogP contribution in [0.1, 0.15) is 30.1 Å². The molecule has 0 radical (unpaired) electrons.